The van der Waals surface area contributed by atoms with E-state index in [1.807, 2.05) is 6.92 Å². The topological polar surface area (TPSA) is 78.1 Å². The Bertz CT molecular complexity index is 659. The summed E-state index contributed by atoms with van der Waals surface area (Å²) in [7, 11) is 0. The van der Waals surface area contributed by atoms with Gasteiger partial charge in [0.05, 0.1) is 18.0 Å². The van der Waals surface area contributed by atoms with Crippen LogP contribution in [0.2, 0.25) is 0 Å². The first-order chi connectivity index (χ1) is 10.6. The largest absolute Gasteiger partial charge is 0.462 e. The predicted octanol–water partition coefficient (Wildman–Crippen LogP) is 2.52. The molecule has 0 amide bonds. The van der Waals surface area contributed by atoms with Crippen molar-refractivity contribution in [1.29, 1.82) is 0 Å². The van der Waals surface area contributed by atoms with Crippen molar-refractivity contribution in [1.82, 2.24) is 9.97 Å². The van der Waals surface area contributed by atoms with Crippen molar-refractivity contribution in [2.75, 3.05) is 13.2 Å². The van der Waals surface area contributed by atoms with Gasteiger partial charge in [-0.3, -0.25) is 0 Å². The van der Waals surface area contributed by atoms with Gasteiger partial charge in [-0.25, -0.2) is 19.2 Å². The Balaban J connectivity index is 2.62. The number of benzene rings is 1. The molecule has 1 aromatic heterocycles. The van der Waals surface area contributed by atoms with Crippen molar-refractivity contribution < 1.29 is 13.9 Å². The van der Waals surface area contributed by atoms with Crippen LogP contribution in [0, 0.1) is 5.82 Å². The fourth-order valence-corrected chi connectivity index (χ4v) is 2.12. The second-order valence-electron chi connectivity index (χ2n) is 4.85. The molecule has 2 aromatic rings. The van der Waals surface area contributed by atoms with Crippen LogP contribution in [-0.2, 0) is 4.74 Å². The average molecular weight is 303 g/mol. The molecule has 0 aliphatic rings. The van der Waals surface area contributed by atoms with Crippen LogP contribution >= 0.6 is 0 Å². The van der Waals surface area contributed by atoms with Crippen LogP contribution in [-0.4, -0.2) is 29.1 Å². The maximum atomic E-state index is 13.1. The molecule has 0 saturated carbocycles. The van der Waals surface area contributed by atoms with Crippen LogP contribution in [0.4, 0.5) is 4.39 Å². The number of carbonyl (C=O) groups is 1. The number of hydrogen-bond acceptors (Lipinski definition) is 5. The lowest BCUT2D eigenvalue weighted by Gasteiger charge is -2.15. The molecule has 0 radical (unpaired) electrons. The van der Waals surface area contributed by atoms with Crippen molar-refractivity contribution >= 4 is 5.97 Å². The van der Waals surface area contributed by atoms with Crippen molar-refractivity contribution in [2.24, 2.45) is 5.73 Å². The molecular formula is C16H18FN3O2. The molecule has 0 spiro atoms. The zero-order valence-electron chi connectivity index (χ0n) is 12.5. The summed E-state index contributed by atoms with van der Waals surface area (Å²) in [6.07, 6.45) is 1.38. The lowest BCUT2D eigenvalue weighted by atomic mass is 9.97. The van der Waals surface area contributed by atoms with Gasteiger partial charge in [-0.2, -0.15) is 0 Å². The second-order valence-corrected chi connectivity index (χ2v) is 4.85. The van der Waals surface area contributed by atoms with E-state index in [2.05, 4.69) is 9.97 Å². The Morgan fingerprint density at radius 1 is 1.32 bits per heavy atom. The van der Waals surface area contributed by atoms with Crippen molar-refractivity contribution in [3.05, 3.63) is 47.7 Å². The Morgan fingerprint density at radius 2 is 2.00 bits per heavy atom. The van der Waals surface area contributed by atoms with Crippen LogP contribution in [0.3, 0.4) is 0 Å². The third-order valence-electron chi connectivity index (χ3n) is 3.29. The minimum Gasteiger partial charge on any atom is -0.462 e. The Morgan fingerprint density at radius 3 is 2.59 bits per heavy atom. The maximum absolute atomic E-state index is 13.1. The molecule has 0 bridgehead atoms. The van der Waals surface area contributed by atoms with Gasteiger partial charge < -0.3 is 10.5 Å². The number of rotatable bonds is 5. The molecule has 116 valence electrons. The smallest absolute Gasteiger partial charge is 0.342 e. The van der Waals surface area contributed by atoms with E-state index in [1.165, 1.54) is 18.5 Å². The average Bonchev–Trinajstić information content (AvgIpc) is 2.54. The number of aromatic nitrogens is 2. The van der Waals surface area contributed by atoms with Gasteiger partial charge in [-0.05, 0) is 31.2 Å². The molecule has 0 aliphatic heterocycles. The highest BCUT2D eigenvalue weighted by Gasteiger charge is 2.24. The van der Waals surface area contributed by atoms with Crippen molar-refractivity contribution in [2.45, 2.75) is 19.8 Å². The van der Waals surface area contributed by atoms with E-state index < -0.39 is 5.97 Å². The number of ether oxygens (including phenoxy) is 1. The third kappa shape index (κ3) is 3.28. The summed E-state index contributed by atoms with van der Waals surface area (Å²) in [6, 6.07) is 5.77. The van der Waals surface area contributed by atoms with Gasteiger partial charge in [0.25, 0.3) is 0 Å². The molecule has 2 rings (SSSR count). The van der Waals surface area contributed by atoms with Gasteiger partial charge in [0, 0.05) is 18.0 Å². The third-order valence-corrected chi connectivity index (χ3v) is 3.29. The summed E-state index contributed by atoms with van der Waals surface area (Å²) in [5.41, 5.74) is 7.56. The number of nitrogens with two attached hydrogens (primary N) is 1. The fraction of sp³-hybridized carbons (Fsp3) is 0.312. The van der Waals surface area contributed by atoms with E-state index in [9.17, 15) is 9.18 Å². The van der Waals surface area contributed by atoms with Gasteiger partial charge in [-0.15, -0.1) is 0 Å². The van der Waals surface area contributed by atoms with Crippen molar-refractivity contribution in [3.8, 4) is 11.3 Å². The number of esters is 1. The molecule has 22 heavy (non-hydrogen) atoms. The molecule has 1 aromatic carbocycles. The summed E-state index contributed by atoms with van der Waals surface area (Å²) < 4.78 is 18.2. The van der Waals surface area contributed by atoms with Crippen LogP contribution in [0.15, 0.2) is 30.6 Å². The fourth-order valence-electron chi connectivity index (χ4n) is 2.12. The van der Waals surface area contributed by atoms with Crippen LogP contribution in [0.25, 0.3) is 11.3 Å². The van der Waals surface area contributed by atoms with Crippen LogP contribution < -0.4 is 5.73 Å². The first-order valence-electron chi connectivity index (χ1n) is 7.06. The summed E-state index contributed by atoms with van der Waals surface area (Å²) in [5.74, 6) is -0.981. The minimum atomic E-state index is -0.502. The zero-order chi connectivity index (χ0) is 16.1. The monoisotopic (exact) mass is 303 g/mol. The molecule has 0 saturated heterocycles. The van der Waals surface area contributed by atoms with Gasteiger partial charge in [0.1, 0.15) is 17.7 Å². The van der Waals surface area contributed by atoms with Crippen LogP contribution in [0.1, 0.15) is 35.8 Å². The quantitative estimate of drug-likeness (QED) is 0.859. The second kappa shape index (κ2) is 7.09. The van der Waals surface area contributed by atoms with Gasteiger partial charge in [0.15, 0.2) is 0 Å². The highest BCUT2D eigenvalue weighted by atomic mass is 19.1. The Kier molecular flexibility index (Phi) is 5.16. The molecule has 1 unspecified atom stereocenters. The van der Waals surface area contributed by atoms with Gasteiger partial charge in [0.2, 0.25) is 0 Å². The molecule has 0 aliphatic carbocycles. The first-order valence-corrected chi connectivity index (χ1v) is 7.06. The van der Waals surface area contributed by atoms with Gasteiger partial charge >= 0.3 is 5.97 Å². The standard InChI is InChI=1S/C16H18FN3O2/c1-3-22-16(21)13-14(10(2)8-18)19-9-20-15(13)11-4-6-12(17)7-5-11/h4-7,9-10H,3,8,18H2,1-2H3. The minimum absolute atomic E-state index is 0.124. The molecule has 2 N–H and O–H groups in total. The molecule has 1 heterocycles. The van der Waals surface area contributed by atoms with E-state index >= 15 is 0 Å². The Hall–Kier alpha value is -2.34. The van der Waals surface area contributed by atoms with E-state index in [4.69, 9.17) is 10.5 Å². The highest BCUT2D eigenvalue weighted by Crippen LogP contribution is 2.27. The summed E-state index contributed by atoms with van der Waals surface area (Å²) in [5, 5.41) is 0. The van der Waals surface area contributed by atoms with Crippen molar-refractivity contribution in [3.63, 3.8) is 0 Å². The molecule has 5 nitrogen and oxygen atoms in total. The van der Waals surface area contributed by atoms with Gasteiger partial charge in [-0.1, -0.05) is 6.92 Å². The Labute approximate surface area is 128 Å². The zero-order valence-corrected chi connectivity index (χ0v) is 12.5. The SMILES string of the molecule is CCOC(=O)c1c(-c2ccc(F)cc2)ncnc1C(C)CN. The lowest BCUT2D eigenvalue weighted by molar-refractivity contribution is 0.0524. The number of carbonyl (C=O) groups excluding carboxylic acids is 1. The molecular weight excluding hydrogens is 285 g/mol. The van der Waals surface area contributed by atoms with E-state index in [-0.39, 0.29) is 23.9 Å². The van der Waals surface area contributed by atoms with E-state index in [1.54, 1.807) is 19.1 Å². The normalized spacial score (nSPS) is 12.0. The molecule has 0 fully saturated rings. The summed E-state index contributed by atoms with van der Waals surface area (Å²) in [4.78, 5) is 20.7. The molecule has 1 atom stereocenters. The highest BCUT2D eigenvalue weighted by molar-refractivity contribution is 5.97. The number of hydrogen-bond donors (Lipinski definition) is 1. The number of halogens is 1. The molecule has 6 heteroatoms. The van der Waals surface area contributed by atoms with E-state index in [0.717, 1.165) is 0 Å². The predicted molar refractivity (Wildman–Crippen MR) is 80.9 cm³/mol. The lowest BCUT2D eigenvalue weighted by Crippen LogP contribution is -2.18. The summed E-state index contributed by atoms with van der Waals surface area (Å²) >= 11 is 0. The maximum Gasteiger partial charge on any atom is 0.342 e. The number of nitrogens with zero attached hydrogens (tertiary/aromatic N) is 2. The summed E-state index contributed by atoms with van der Waals surface area (Å²) in [6.45, 7) is 4.18. The van der Waals surface area contributed by atoms with E-state index in [0.29, 0.717) is 23.5 Å². The van der Waals surface area contributed by atoms with Crippen LogP contribution in [0.5, 0.6) is 0 Å². The first kappa shape index (κ1) is 16.0.